The lowest BCUT2D eigenvalue weighted by Crippen LogP contribution is -2.47. The summed E-state index contributed by atoms with van der Waals surface area (Å²) in [4.78, 5) is 2.30. The first-order chi connectivity index (χ1) is 9.75. The molecule has 1 aliphatic heterocycles. The number of sulfone groups is 1. The molecule has 1 N–H and O–H groups in total. The van der Waals surface area contributed by atoms with Gasteiger partial charge >= 0.3 is 0 Å². The highest BCUT2D eigenvalue weighted by molar-refractivity contribution is 7.91. The van der Waals surface area contributed by atoms with Crippen LogP contribution in [0, 0.1) is 11.3 Å². The highest BCUT2D eigenvalue weighted by Crippen LogP contribution is 2.41. The van der Waals surface area contributed by atoms with E-state index in [2.05, 4.69) is 38.0 Å². The van der Waals surface area contributed by atoms with E-state index >= 15 is 0 Å². The minimum absolute atomic E-state index is 0.227. The fourth-order valence-corrected chi connectivity index (χ4v) is 5.90. The zero-order chi connectivity index (χ0) is 15.7. The van der Waals surface area contributed by atoms with Crippen LogP contribution in [0.1, 0.15) is 46.5 Å². The van der Waals surface area contributed by atoms with E-state index in [4.69, 9.17) is 0 Å². The second-order valence-corrected chi connectivity index (χ2v) is 9.94. The summed E-state index contributed by atoms with van der Waals surface area (Å²) in [6, 6.07) is 0.781. The Kier molecular flexibility index (Phi) is 5.37. The monoisotopic (exact) mass is 316 g/mol. The molecule has 21 heavy (non-hydrogen) atoms. The summed E-state index contributed by atoms with van der Waals surface area (Å²) in [7, 11) is -0.677. The Morgan fingerprint density at radius 2 is 2.00 bits per heavy atom. The summed E-state index contributed by atoms with van der Waals surface area (Å²) in [6.45, 7) is 9.03. The van der Waals surface area contributed by atoms with Crippen molar-refractivity contribution in [1.29, 1.82) is 0 Å². The minimum atomic E-state index is -2.78. The first-order valence-electron chi connectivity index (χ1n) is 8.39. The van der Waals surface area contributed by atoms with E-state index in [0.717, 1.165) is 25.9 Å². The molecule has 0 radical (unpaired) electrons. The Hall–Kier alpha value is -0.130. The fraction of sp³-hybridized carbons (Fsp3) is 1.00. The van der Waals surface area contributed by atoms with Gasteiger partial charge in [0.15, 0.2) is 9.84 Å². The van der Waals surface area contributed by atoms with Crippen LogP contribution in [0.3, 0.4) is 0 Å². The molecule has 0 aromatic rings. The van der Waals surface area contributed by atoms with Crippen LogP contribution in [0.15, 0.2) is 0 Å². The zero-order valence-electron chi connectivity index (χ0n) is 14.1. The third-order valence-corrected chi connectivity index (χ3v) is 7.19. The van der Waals surface area contributed by atoms with Gasteiger partial charge in [0.25, 0.3) is 0 Å². The van der Waals surface area contributed by atoms with Gasteiger partial charge in [0.1, 0.15) is 0 Å². The van der Waals surface area contributed by atoms with Crippen LogP contribution in [0.5, 0.6) is 0 Å². The molecule has 1 saturated heterocycles. The van der Waals surface area contributed by atoms with Gasteiger partial charge in [0, 0.05) is 18.6 Å². The molecule has 3 atom stereocenters. The standard InChI is InChI=1S/C16H32N2O2S/c1-5-9-17-15-13(6-8-16(15,2)3)11-18(4)14-7-10-21(19,20)12-14/h13-15,17H,5-12H2,1-4H3. The molecule has 1 aliphatic carbocycles. The number of hydrogen-bond acceptors (Lipinski definition) is 4. The van der Waals surface area contributed by atoms with E-state index in [1.807, 2.05) is 0 Å². The molecule has 0 aromatic heterocycles. The topological polar surface area (TPSA) is 49.4 Å². The quantitative estimate of drug-likeness (QED) is 0.813. The minimum Gasteiger partial charge on any atom is -0.313 e. The molecule has 1 saturated carbocycles. The van der Waals surface area contributed by atoms with Gasteiger partial charge < -0.3 is 10.2 Å². The molecule has 0 bridgehead atoms. The molecule has 0 aromatic carbocycles. The normalized spacial score (nSPS) is 34.6. The maximum Gasteiger partial charge on any atom is 0.151 e. The van der Waals surface area contributed by atoms with Crippen molar-refractivity contribution in [1.82, 2.24) is 10.2 Å². The summed E-state index contributed by atoms with van der Waals surface area (Å²) < 4.78 is 23.3. The van der Waals surface area contributed by atoms with E-state index in [1.165, 1.54) is 12.8 Å². The van der Waals surface area contributed by atoms with E-state index in [1.54, 1.807) is 0 Å². The van der Waals surface area contributed by atoms with Gasteiger partial charge in [0.2, 0.25) is 0 Å². The maximum atomic E-state index is 11.7. The van der Waals surface area contributed by atoms with Crippen molar-refractivity contribution in [3.8, 4) is 0 Å². The van der Waals surface area contributed by atoms with Crippen LogP contribution in [0.4, 0.5) is 0 Å². The molecule has 124 valence electrons. The van der Waals surface area contributed by atoms with Crippen molar-refractivity contribution in [2.45, 2.75) is 58.5 Å². The lowest BCUT2D eigenvalue weighted by Gasteiger charge is -2.35. The van der Waals surface area contributed by atoms with E-state index < -0.39 is 9.84 Å². The molecule has 2 fully saturated rings. The Labute approximate surface area is 130 Å². The van der Waals surface area contributed by atoms with Gasteiger partial charge in [-0.25, -0.2) is 8.42 Å². The first kappa shape index (κ1) is 17.2. The summed E-state index contributed by atoms with van der Waals surface area (Å²) in [5, 5.41) is 3.74. The van der Waals surface area contributed by atoms with Crippen LogP contribution in [-0.2, 0) is 9.84 Å². The number of nitrogens with zero attached hydrogens (tertiary/aromatic N) is 1. The summed E-state index contributed by atoms with van der Waals surface area (Å²) >= 11 is 0. The molecule has 2 rings (SSSR count). The first-order valence-corrected chi connectivity index (χ1v) is 10.2. The van der Waals surface area contributed by atoms with Crippen LogP contribution in [0.25, 0.3) is 0 Å². The summed E-state index contributed by atoms with van der Waals surface area (Å²) in [5.74, 6) is 1.36. The zero-order valence-corrected chi connectivity index (χ0v) is 14.9. The Bertz CT molecular complexity index is 447. The molecule has 0 amide bonds. The smallest absolute Gasteiger partial charge is 0.151 e. The average Bonchev–Trinajstić information content (AvgIpc) is 2.88. The summed E-state index contributed by atoms with van der Waals surface area (Å²) in [5.41, 5.74) is 0.350. The van der Waals surface area contributed by atoms with Gasteiger partial charge in [-0.2, -0.15) is 0 Å². The van der Waals surface area contributed by atoms with Crippen molar-refractivity contribution in [2.24, 2.45) is 11.3 Å². The van der Waals surface area contributed by atoms with Crippen molar-refractivity contribution >= 4 is 9.84 Å². The lowest BCUT2D eigenvalue weighted by atomic mass is 9.84. The number of hydrogen-bond donors (Lipinski definition) is 1. The second-order valence-electron chi connectivity index (χ2n) is 7.72. The van der Waals surface area contributed by atoms with Gasteiger partial charge in [-0.1, -0.05) is 20.8 Å². The third kappa shape index (κ3) is 4.20. The molecular formula is C16H32N2O2S. The van der Waals surface area contributed by atoms with Crippen molar-refractivity contribution in [3.05, 3.63) is 0 Å². The Morgan fingerprint density at radius 3 is 2.57 bits per heavy atom. The average molecular weight is 317 g/mol. The molecule has 4 nitrogen and oxygen atoms in total. The molecule has 3 unspecified atom stereocenters. The van der Waals surface area contributed by atoms with Crippen molar-refractivity contribution < 1.29 is 8.42 Å². The van der Waals surface area contributed by atoms with Gasteiger partial charge in [-0.3, -0.25) is 0 Å². The SMILES string of the molecule is CCCNC1C(CN(C)C2CCS(=O)(=O)C2)CCC1(C)C. The highest BCUT2D eigenvalue weighted by Gasteiger charge is 2.42. The van der Waals surface area contributed by atoms with Crippen LogP contribution < -0.4 is 5.32 Å². The van der Waals surface area contributed by atoms with E-state index in [9.17, 15) is 8.42 Å². The maximum absolute atomic E-state index is 11.7. The predicted octanol–water partition coefficient (Wildman–Crippen LogP) is 1.91. The number of nitrogens with one attached hydrogen (secondary N) is 1. The van der Waals surface area contributed by atoms with E-state index in [-0.39, 0.29) is 6.04 Å². The molecule has 2 aliphatic rings. The Morgan fingerprint density at radius 1 is 1.29 bits per heavy atom. The van der Waals surface area contributed by atoms with Crippen molar-refractivity contribution in [3.63, 3.8) is 0 Å². The molecule has 0 spiro atoms. The van der Waals surface area contributed by atoms with Crippen LogP contribution in [-0.4, -0.2) is 57.0 Å². The largest absolute Gasteiger partial charge is 0.313 e. The van der Waals surface area contributed by atoms with E-state index in [0.29, 0.717) is 28.9 Å². The predicted molar refractivity (Wildman–Crippen MR) is 88.3 cm³/mol. The molecular weight excluding hydrogens is 284 g/mol. The van der Waals surface area contributed by atoms with Gasteiger partial charge in [-0.05, 0) is 50.6 Å². The number of rotatable bonds is 6. The highest BCUT2D eigenvalue weighted by atomic mass is 32.2. The lowest BCUT2D eigenvalue weighted by molar-refractivity contribution is 0.178. The Balaban J connectivity index is 1.94. The summed E-state index contributed by atoms with van der Waals surface area (Å²) in [6.07, 6.45) is 4.48. The fourth-order valence-electron chi connectivity index (χ4n) is 4.10. The van der Waals surface area contributed by atoms with Crippen LogP contribution >= 0.6 is 0 Å². The third-order valence-electron chi connectivity index (χ3n) is 5.44. The van der Waals surface area contributed by atoms with Gasteiger partial charge in [0.05, 0.1) is 11.5 Å². The van der Waals surface area contributed by atoms with Gasteiger partial charge in [-0.15, -0.1) is 0 Å². The molecule has 1 heterocycles. The molecule has 5 heteroatoms. The second kappa shape index (κ2) is 6.55. The van der Waals surface area contributed by atoms with Crippen LogP contribution in [0.2, 0.25) is 0 Å². The van der Waals surface area contributed by atoms with Crippen molar-refractivity contribution in [2.75, 3.05) is 31.6 Å².